The minimum Gasteiger partial charge on any atom is -0.496 e. The second-order valence-corrected chi connectivity index (χ2v) is 3.59. The molecule has 0 spiro atoms. The van der Waals surface area contributed by atoms with Crippen molar-refractivity contribution >= 4 is 17.6 Å². The average Bonchev–Trinajstić information content (AvgIpc) is 2.24. The molecule has 0 aromatic heterocycles. The van der Waals surface area contributed by atoms with Crippen molar-refractivity contribution in [3.05, 3.63) is 28.8 Å². The van der Waals surface area contributed by atoms with Gasteiger partial charge in [0.15, 0.2) is 0 Å². The smallest absolute Gasteiger partial charge is 0.208 e. The molecule has 0 saturated carbocycles. The van der Waals surface area contributed by atoms with E-state index in [0.717, 1.165) is 17.7 Å². The van der Waals surface area contributed by atoms with Gasteiger partial charge in [0.1, 0.15) is 5.75 Å². The van der Waals surface area contributed by atoms with Crippen LogP contribution in [-0.2, 0) is 6.42 Å². The number of methoxy groups -OCH3 is 1. The zero-order valence-electron chi connectivity index (χ0n) is 9.03. The summed E-state index contributed by atoms with van der Waals surface area (Å²) in [5.74, 6) is 0.814. The lowest BCUT2D eigenvalue weighted by Gasteiger charge is -2.08. The Balaban J connectivity index is 2.58. The van der Waals surface area contributed by atoms with Gasteiger partial charge in [0.05, 0.1) is 7.11 Å². The highest BCUT2D eigenvalue weighted by Gasteiger charge is 2.03. The van der Waals surface area contributed by atoms with Crippen LogP contribution in [-0.4, -0.2) is 19.6 Å². The number of rotatable bonds is 5. The summed E-state index contributed by atoms with van der Waals surface area (Å²) in [5, 5.41) is 4.34. The van der Waals surface area contributed by atoms with E-state index in [0.29, 0.717) is 11.6 Å². The van der Waals surface area contributed by atoms with Gasteiger partial charge in [-0.25, -0.2) is 0 Å². The molecule has 0 aliphatic rings. The summed E-state index contributed by atoms with van der Waals surface area (Å²) >= 11 is 5.89. The molecule has 88 valence electrons. The Labute approximate surface area is 99.4 Å². The van der Waals surface area contributed by atoms with Crippen LogP contribution in [0.15, 0.2) is 23.3 Å². The van der Waals surface area contributed by atoms with Gasteiger partial charge in [-0.1, -0.05) is 11.6 Å². The zero-order valence-corrected chi connectivity index (χ0v) is 9.79. The van der Waals surface area contributed by atoms with Crippen molar-refractivity contribution in [2.24, 2.45) is 16.6 Å². The van der Waals surface area contributed by atoms with Crippen molar-refractivity contribution in [1.82, 2.24) is 5.43 Å². The normalized spacial score (nSPS) is 9.62. The second kappa shape index (κ2) is 6.07. The molecule has 0 fully saturated rings. The Morgan fingerprint density at radius 1 is 1.50 bits per heavy atom. The fourth-order valence-electron chi connectivity index (χ4n) is 1.28. The van der Waals surface area contributed by atoms with Gasteiger partial charge in [0.2, 0.25) is 5.96 Å². The fourth-order valence-corrected chi connectivity index (χ4v) is 1.47. The molecule has 0 unspecified atom stereocenters. The molecule has 6 heteroatoms. The highest BCUT2D eigenvalue weighted by molar-refractivity contribution is 6.30. The van der Waals surface area contributed by atoms with E-state index in [4.69, 9.17) is 27.8 Å². The van der Waals surface area contributed by atoms with E-state index in [1.54, 1.807) is 13.2 Å². The highest BCUT2D eigenvalue weighted by atomic mass is 35.5. The van der Waals surface area contributed by atoms with Gasteiger partial charge < -0.3 is 21.6 Å². The predicted octanol–water partition coefficient (Wildman–Crippen LogP) is 0.669. The number of ether oxygens (including phenoxy) is 1. The number of hydrogen-bond acceptors (Lipinski definition) is 3. The minimum atomic E-state index is 0.0121. The molecule has 1 aromatic carbocycles. The Hall–Kier alpha value is -1.62. The fraction of sp³-hybridized carbons (Fsp3) is 0.300. The molecular formula is C10H15ClN4O. The zero-order chi connectivity index (χ0) is 12.0. The Kier molecular flexibility index (Phi) is 4.72. The molecule has 1 rings (SSSR count). The van der Waals surface area contributed by atoms with E-state index in [2.05, 4.69) is 10.5 Å². The number of nitrogens with zero attached hydrogens (tertiary/aromatic N) is 1. The van der Waals surface area contributed by atoms with Gasteiger partial charge in [-0.15, -0.1) is 5.10 Å². The molecule has 16 heavy (non-hydrogen) atoms. The molecular weight excluding hydrogens is 228 g/mol. The summed E-state index contributed by atoms with van der Waals surface area (Å²) in [4.78, 5) is 0. The molecule has 0 bridgehead atoms. The number of hydrogen-bond donors (Lipinski definition) is 3. The molecule has 0 aliphatic carbocycles. The average molecular weight is 243 g/mol. The van der Waals surface area contributed by atoms with Crippen molar-refractivity contribution in [2.75, 3.05) is 13.7 Å². The maximum Gasteiger partial charge on any atom is 0.208 e. The SMILES string of the molecule is COc1ccc(Cl)cc1CCNN=C(N)N. The first-order valence-corrected chi connectivity index (χ1v) is 5.15. The van der Waals surface area contributed by atoms with Crippen LogP contribution in [0.4, 0.5) is 0 Å². The second-order valence-electron chi connectivity index (χ2n) is 3.15. The monoisotopic (exact) mass is 242 g/mol. The summed E-state index contributed by atoms with van der Waals surface area (Å²) in [6.45, 7) is 0.606. The molecule has 0 heterocycles. The lowest BCUT2D eigenvalue weighted by molar-refractivity contribution is 0.409. The lowest BCUT2D eigenvalue weighted by atomic mass is 10.1. The van der Waals surface area contributed by atoms with Gasteiger partial charge in [0, 0.05) is 11.6 Å². The molecule has 0 saturated heterocycles. The lowest BCUT2D eigenvalue weighted by Crippen LogP contribution is -2.27. The third-order valence-corrected chi connectivity index (χ3v) is 2.19. The number of benzene rings is 1. The maximum atomic E-state index is 5.89. The van der Waals surface area contributed by atoms with Crippen molar-refractivity contribution < 1.29 is 4.74 Å². The van der Waals surface area contributed by atoms with Crippen LogP contribution >= 0.6 is 11.6 Å². The molecule has 0 aliphatic heterocycles. The van der Waals surface area contributed by atoms with Gasteiger partial charge in [-0.2, -0.15) is 0 Å². The number of nitrogens with two attached hydrogens (primary N) is 2. The maximum absolute atomic E-state index is 5.89. The van der Waals surface area contributed by atoms with Crippen LogP contribution in [0, 0.1) is 0 Å². The van der Waals surface area contributed by atoms with E-state index in [9.17, 15) is 0 Å². The standard InChI is InChI=1S/C10H15ClN4O/c1-16-9-3-2-8(11)6-7(9)4-5-14-15-10(12)13/h2-3,6,14H,4-5H2,1H3,(H4,12,13,15). The van der Waals surface area contributed by atoms with Crippen LogP contribution in [0.25, 0.3) is 0 Å². The summed E-state index contributed by atoms with van der Waals surface area (Å²) < 4.78 is 5.21. The molecule has 1 aromatic rings. The quantitative estimate of drug-likeness (QED) is 0.307. The van der Waals surface area contributed by atoms with Crippen LogP contribution in [0.1, 0.15) is 5.56 Å². The molecule has 5 nitrogen and oxygen atoms in total. The van der Waals surface area contributed by atoms with E-state index in [1.807, 2.05) is 12.1 Å². The van der Waals surface area contributed by atoms with E-state index < -0.39 is 0 Å². The molecule has 0 radical (unpaired) electrons. The third-order valence-electron chi connectivity index (χ3n) is 1.96. The number of guanidine groups is 1. The first-order valence-electron chi connectivity index (χ1n) is 4.77. The van der Waals surface area contributed by atoms with Crippen molar-refractivity contribution in [2.45, 2.75) is 6.42 Å². The van der Waals surface area contributed by atoms with Gasteiger partial charge in [-0.3, -0.25) is 0 Å². The Morgan fingerprint density at radius 3 is 2.88 bits per heavy atom. The number of halogens is 1. The summed E-state index contributed by atoms with van der Waals surface area (Å²) in [7, 11) is 1.62. The van der Waals surface area contributed by atoms with Gasteiger partial charge in [0.25, 0.3) is 0 Å². The molecule has 5 N–H and O–H groups in total. The van der Waals surface area contributed by atoms with Crippen molar-refractivity contribution in [3.63, 3.8) is 0 Å². The summed E-state index contributed by atoms with van der Waals surface area (Å²) in [6.07, 6.45) is 0.723. The Bertz CT molecular complexity index is 377. The van der Waals surface area contributed by atoms with Crippen molar-refractivity contribution in [1.29, 1.82) is 0 Å². The minimum absolute atomic E-state index is 0.0121. The summed E-state index contributed by atoms with van der Waals surface area (Å²) in [5.41, 5.74) is 14.1. The first-order chi connectivity index (χ1) is 7.63. The van der Waals surface area contributed by atoms with Crippen molar-refractivity contribution in [3.8, 4) is 5.75 Å². The largest absolute Gasteiger partial charge is 0.496 e. The molecule has 0 atom stereocenters. The first kappa shape index (κ1) is 12.4. The van der Waals surface area contributed by atoms with Crippen LogP contribution in [0.3, 0.4) is 0 Å². The van der Waals surface area contributed by atoms with Gasteiger partial charge >= 0.3 is 0 Å². The highest BCUT2D eigenvalue weighted by Crippen LogP contribution is 2.22. The number of hydrazone groups is 1. The molecule has 0 amide bonds. The van der Waals surface area contributed by atoms with E-state index in [1.165, 1.54) is 0 Å². The number of nitrogens with one attached hydrogen (secondary N) is 1. The Morgan fingerprint density at radius 2 is 2.25 bits per heavy atom. The van der Waals surface area contributed by atoms with Crippen LogP contribution in [0.5, 0.6) is 5.75 Å². The topological polar surface area (TPSA) is 85.7 Å². The van der Waals surface area contributed by atoms with E-state index >= 15 is 0 Å². The van der Waals surface area contributed by atoms with Gasteiger partial charge in [-0.05, 0) is 30.2 Å². The van der Waals surface area contributed by atoms with E-state index in [-0.39, 0.29) is 5.96 Å². The summed E-state index contributed by atoms with van der Waals surface area (Å²) in [6, 6.07) is 5.48. The third kappa shape index (κ3) is 3.86. The predicted molar refractivity (Wildman–Crippen MR) is 65.5 cm³/mol. The van der Waals surface area contributed by atoms with Crippen LogP contribution in [0.2, 0.25) is 5.02 Å². The van der Waals surface area contributed by atoms with Crippen LogP contribution < -0.4 is 21.6 Å².